The predicted molar refractivity (Wildman–Crippen MR) is 106 cm³/mol. The molecule has 0 saturated carbocycles. The van der Waals surface area contributed by atoms with Crippen LogP contribution in [0.3, 0.4) is 0 Å². The van der Waals surface area contributed by atoms with E-state index in [9.17, 15) is 20.2 Å². The number of para-hydroxylation sites is 2. The predicted octanol–water partition coefficient (Wildman–Crippen LogP) is 2.60. The molecule has 0 spiro atoms. The first-order valence-electron chi connectivity index (χ1n) is 9.13. The molecule has 29 heavy (non-hydrogen) atoms. The van der Waals surface area contributed by atoms with Crippen LogP contribution in [0.5, 0.6) is 0 Å². The molecular formula is C21H20N4O4. The van der Waals surface area contributed by atoms with Gasteiger partial charge in [0.2, 0.25) is 0 Å². The lowest BCUT2D eigenvalue weighted by Crippen LogP contribution is -2.35. The summed E-state index contributed by atoms with van der Waals surface area (Å²) in [7, 11) is 0. The fraction of sp³-hybridized carbons (Fsp3) is 0.238. The molecule has 0 radical (unpaired) electrons. The third-order valence-corrected chi connectivity index (χ3v) is 4.43. The van der Waals surface area contributed by atoms with Gasteiger partial charge in [0.1, 0.15) is 11.2 Å². The van der Waals surface area contributed by atoms with Crippen LogP contribution in [0.25, 0.3) is 11.0 Å². The van der Waals surface area contributed by atoms with E-state index < -0.39 is 5.97 Å². The van der Waals surface area contributed by atoms with Gasteiger partial charge >= 0.3 is 11.7 Å². The van der Waals surface area contributed by atoms with Crippen molar-refractivity contribution in [1.29, 1.82) is 5.26 Å². The lowest BCUT2D eigenvalue weighted by Gasteiger charge is -2.24. The fourth-order valence-electron chi connectivity index (χ4n) is 3.15. The van der Waals surface area contributed by atoms with E-state index in [0.29, 0.717) is 15.7 Å². The zero-order valence-corrected chi connectivity index (χ0v) is 15.9. The van der Waals surface area contributed by atoms with Crippen LogP contribution in [0, 0.1) is 21.4 Å². The van der Waals surface area contributed by atoms with Crippen LogP contribution in [-0.4, -0.2) is 28.8 Å². The van der Waals surface area contributed by atoms with Crippen molar-refractivity contribution in [2.75, 3.05) is 13.2 Å². The van der Waals surface area contributed by atoms with E-state index in [1.54, 1.807) is 24.0 Å². The molecule has 0 saturated heterocycles. The van der Waals surface area contributed by atoms with Gasteiger partial charge in [0, 0.05) is 24.1 Å². The molecule has 0 aliphatic rings. The van der Waals surface area contributed by atoms with E-state index in [1.165, 1.54) is 12.1 Å². The molecule has 3 rings (SSSR count). The number of hydrogen-bond donors (Lipinski definition) is 0. The van der Waals surface area contributed by atoms with Crippen LogP contribution < -0.4 is 4.43 Å². The Kier molecular flexibility index (Phi) is 6.22. The van der Waals surface area contributed by atoms with Gasteiger partial charge in [-0.25, -0.2) is 4.79 Å². The van der Waals surface area contributed by atoms with E-state index in [2.05, 4.69) is 6.07 Å². The number of carbonyl (C=O) groups is 1. The maximum Gasteiger partial charge on any atom is 0.410 e. The van der Waals surface area contributed by atoms with Gasteiger partial charge in [-0.15, -0.1) is 0 Å². The summed E-state index contributed by atoms with van der Waals surface area (Å²) in [6, 6.07) is 17.7. The number of hydrogen-bond acceptors (Lipinski definition) is 6. The van der Waals surface area contributed by atoms with E-state index in [-0.39, 0.29) is 42.1 Å². The molecule has 0 atom stereocenters. The summed E-state index contributed by atoms with van der Waals surface area (Å²) in [4.78, 5) is 27.1. The van der Waals surface area contributed by atoms with Gasteiger partial charge in [-0.2, -0.15) is 5.26 Å². The van der Waals surface area contributed by atoms with Crippen LogP contribution in [0.4, 0.5) is 0 Å². The van der Waals surface area contributed by atoms with Crippen molar-refractivity contribution in [3.05, 3.63) is 81.7 Å². The van der Waals surface area contributed by atoms with Gasteiger partial charge in [0.05, 0.1) is 23.6 Å². The van der Waals surface area contributed by atoms with Crippen LogP contribution in [-0.2, 0) is 17.8 Å². The minimum atomic E-state index is -0.871. The Morgan fingerprint density at radius 1 is 1.17 bits per heavy atom. The van der Waals surface area contributed by atoms with Gasteiger partial charge in [0.15, 0.2) is 0 Å². The summed E-state index contributed by atoms with van der Waals surface area (Å²) in [6.07, 6.45) is 0. The Morgan fingerprint density at radius 3 is 2.55 bits per heavy atom. The molecule has 0 amide bonds. The lowest BCUT2D eigenvalue weighted by atomic mass is 10.2. The molecule has 0 fully saturated rings. The van der Waals surface area contributed by atoms with Gasteiger partial charge < -0.3 is 14.7 Å². The summed E-state index contributed by atoms with van der Waals surface area (Å²) >= 11 is 0. The second-order valence-corrected chi connectivity index (χ2v) is 6.38. The monoisotopic (exact) mass is 392 g/mol. The zero-order valence-electron chi connectivity index (χ0n) is 15.9. The number of esters is 1. The van der Waals surface area contributed by atoms with Crippen molar-refractivity contribution >= 4 is 17.0 Å². The minimum Gasteiger partial charge on any atom is -0.805 e. The summed E-state index contributed by atoms with van der Waals surface area (Å²) < 4.78 is 6.03. The highest BCUT2D eigenvalue weighted by atomic mass is 16.5. The Morgan fingerprint density at radius 2 is 1.86 bits per heavy atom. The SMILES string of the molecule is CCOC(=O)c1c(CN(CC#N)Cc2ccccc2)n([O-])c2ccccc2[n+]1=O. The second kappa shape index (κ2) is 8.99. The first kappa shape index (κ1) is 20.0. The second-order valence-electron chi connectivity index (χ2n) is 6.38. The molecule has 8 nitrogen and oxygen atoms in total. The molecule has 0 aliphatic heterocycles. The van der Waals surface area contributed by atoms with Gasteiger partial charge in [-0.1, -0.05) is 42.5 Å². The van der Waals surface area contributed by atoms with Crippen LogP contribution in [0.1, 0.15) is 28.7 Å². The fourth-order valence-corrected chi connectivity index (χ4v) is 3.15. The number of benzene rings is 2. The van der Waals surface area contributed by atoms with Crippen LogP contribution in [0.2, 0.25) is 0 Å². The Balaban J connectivity index is 2.11. The Bertz CT molecular complexity index is 1120. The third-order valence-electron chi connectivity index (χ3n) is 4.43. The number of rotatable bonds is 7. The Labute approximate surface area is 167 Å². The van der Waals surface area contributed by atoms with Crippen molar-refractivity contribution in [3.63, 3.8) is 0 Å². The number of aromatic nitrogens is 2. The highest BCUT2D eigenvalue weighted by molar-refractivity contribution is 5.88. The topological polar surface area (TPSA) is 104 Å². The maximum atomic E-state index is 13.0. The number of ether oxygens (including phenoxy) is 1. The van der Waals surface area contributed by atoms with Crippen molar-refractivity contribution in [2.24, 2.45) is 0 Å². The smallest absolute Gasteiger partial charge is 0.410 e. The molecule has 8 heteroatoms. The summed E-state index contributed by atoms with van der Waals surface area (Å²) in [6.45, 7) is 2.02. The van der Waals surface area contributed by atoms with E-state index in [0.717, 1.165) is 5.56 Å². The lowest BCUT2D eigenvalue weighted by molar-refractivity contribution is -0.469. The van der Waals surface area contributed by atoms with E-state index >= 15 is 0 Å². The zero-order chi connectivity index (χ0) is 20.8. The van der Waals surface area contributed by atoms with Crippen molar-refractivity contribution in [1.82, 2.24) is 9.63 Å². The normalized spacial score (nSPS) is 10.8. The minimum absolute atomic E-state index is 0.0167. The van der Waals surface area contributed by atoms with Crippen molar-refractivity contribution in [2.45, 2.75) is 20.0 Å². The molecule has 1 aromatic heterocycles. The molecule has 148 valence electrons. The van der Waals surface area contributed by atoms with Crippen LogP contribution >= 0.6 is 0 Å². The largest absolute Gasteiger partial charge is 0.805 e. The molecular weight excluding hydrogens is 372 g/mol. The number of carbonyl (C=O) groups excluding carboxylic acids is 1. The molecule has 2 aromatic carbocycles. The first-order valence-corrected chi connectivity index (χ1v) is 9.13. The van der Waals surface area contributed by atoms with E-state index in [1.807, 2.05) is 30.3 Å². The first-order chi connectivity index (χ1) is 14.1. The molecule has 3 aromatic rings. The Hall–Kier alpha value is -3.70. The summed E-state index contributed by atoms with van der Waals surface area (Å²) in [5, 5.41) is 22.3. The highest BCUT2D eigenvalue weighted by Crippen LogP contribution is 2.18. The summed E-state index contributed by atoms with van der Waals surface area (Å²) in [5.74, 6) is -0.871. The van der Waals surface area contributed by atoms with Gasteiger partial charge in [-0.05, 0) is 18.6 Å². The number of fused-ring (bicyclic) bond motifs is 1. The third kappa shape index (κ3) is 4.25. The van der Waals surface area contributed by atoms with Gasteiger partial charge in [-0.3, -0.25) is 4.90 Å². The molecule has 0 unspecified atom stereocenters. The average molecular weight is 392 g/mol. The van der Waals surface area contributed by atoms with Gasteiger partial charge in [0.25, 0.3) is 5.52 Å². The number of nitriles is 1. The maximum absolute atomic E-state index is 13.0. The molecule has 0 aliphatic carbocycles. The standard InChI is InChI=1S/C21H20N4O4/c1-2-29-21(26)20-19(24(27)17-10-6-7-11-18(17)25(20)28)15-23(13-12-22)14-16-8-4-3-5-9-16/h3-11H,2,13-15H2,1H3. The van der Waals surface area contributed by atoms with Crippen LogP contribution in [0.15, 0.2) is 54.6 Å². The van der Waals surface area contributed by atoms with Crippen molar-refractivity contribution < 1.29 is 14.0 Å². The number of nitrogens with zero attached hydrogens (tertiary/aromatic N) is 4. The van der Waals surface area contributed by atoms with E-state index in [4.69, 9.17) is 4.74 Å². The van der Waals surface area contributed by atoms with Crippen molar-refractivity contribution in [3.8, 4) is 6.07 Å². The summed E-state index contributed by atoms with van der Waals surface area (Å²) in [5.41, 5.74) is 0.736. The molecule has 1 heterocycles. The average Bonchev–Trinajstić information content (AvgIpc) is 2.73. The quantitative estimate of drug-likeness (QED) is 0.348. The molecule has 0 N–H and O–H groups in total. The highest BCUT2D eigenvalue weighted by Gasteiger charge is 2.31. The molecule has 0 bridgehead atoms.